The highest BCUT2D eigenvalue weighted by Crippen LogP contribution is 2.37. The molecule has 29 heavy (non-hydrogen) atoms. The maximum Gasteiger partial charge on any atom is 0.278 e. The van der Waals surface area contributed by atoms with Crippen molar-refractivity contribution in [3.05, 3.63) is 52.0 Å². The summed E-state index contributed by atoms with van der Waals surface area (Å²) in [7, 11) is 0. The topological polar surface area (TPSA) is 58.0 Å². The second-order valence-corrected chi connectivity index (χ2v) is 9.03. The summed E-state index contributed by atoms with van der Waals surface area (Å²) < 4.78 is 7.37. The largest absolute Gasteiger partial charge is 0.379 e. The van der Waals surface area contributed by atoms with Gasteiger partial charge >= 0.3 is 0 Å². The fourth-order valence-electron chi connectivity index (χ4n) is 3.67. The van der Waals surface area contributed by atoms with Crippen molar-refractivity contribution in [1.82, 2.24) is 9.88 Å². The van der Waals surface area contributed by atoms with E-state index in [4.69, 9.17) is 9.73 Å². The number of nitrogens with zero attached hydrogens (tertiary/aromatic N) is 4. The number of aryl methyl sites for hydroxylation is 1. The highest BCUT2D eigenvalue weighted by atomic mass is 79.9. The Morgan fingerprint density at radius 1 is 1.24 bits per heavy atom. The van der Waals surface area contributed by atoms with Crippen LogP contribution in [-0.4, -0.2) is 54.5 Å². The van der Waals surface area contributed by atoms with Gasteiger partial charge in [-0.15, -0.1) is 0 Å². The average Bonchev–Trinajstić information content (AvgIpc) is 3.23. The number of aromatic nitrogens is 1. The Morgan fingerprint density at radius 3 is 2.90 bits per heavy atom. The van der Waals surface area contributed by atoms with Crippen LogP contribution >= 0.6 is 27.3 Å². The number of aliphatic imine (C=N–C) groups is 1. The van der Waals surface area contributed by atoms with E-state index in [1.807, 2.05) is 35.2 Å². The van der Waals surface area contributed by atoms with Gasteiger partial charge in [-0.05, 0) is 36.8 Å². The van der Waals surface area contributed by atoms with Gasteiger partial charge in [-0.2, -0.15) is 0 Å². The summed E-state index contributed by atoms with van der Waals surface area (Å²) in [6.45, 7) is 5.61. The van der Waals surface area contributed by atoms with Gasteiger partial charge in [0.15, 0.2) is 0 Å². The van der Waals surface area contributed by atoms with Gasteiger partial charge in [-0.25, -0.2) is 9.98 Å². The molecule has 0 atom stereocenters. The average molecular weight is 471 g/mol. The van der Waals surface area contributed by atoms with Gasteiger partial charge in [-0.3, -0.25) is 14.6 Å². The van der Waals surface area contributed by atoms with Crippen molar-refractivity contribution in [3.63, 3.8) is 0 Å². The van der Waals surface area contributed by atoms with E-state index in [1.54, 1.807) is 0 Å². The monoisotopic (exact) mass is 470 g/mol. The minimum absolute atomic E-state index is 0.0890. The highest BCUT2D eigenvalue weighted by Gasteiger charge is 2.36. The van der Waals surface area contributed by atoms with E-state index >= 15 is 0 Å². The Kier molecular flexibility index (Phi) is 4.95. The van der Waals surface area contributed by atoms with Crippen molar-refractivity contribution in [1.29, 1.82) is 0 Å². The molecule has 1 saturated heterocycles. The molecule has 2 aliphatic heterocycles. The molecule has 2 aromatic carbocycles. The number of ether oxygens (including phenoxy) is 1. The molecule has 2 aliphatic rings. The van der Waals surface area contributed by atoms with Crippen molar-refractivity contribution in [2.75, 3.05) is 37.9 Å². The van der Waals surface area contributed by atoms with E-state index in [2.05, 4.69) is 38.8 Å². The number of hydrogen-bond acceptors (Lipinski definition) is 6. The molecule has 6 nitrogen and oxygen atoms in total. The Labute approximate surface area is 180 Å². The van der Waals surface area contributed by atoms with E-state index in [1.165, 1.54) is 16.9 Å². The number of thiazole rings is 1. The zero-order valence-electron chi connectivity index (χ0n) is 15.9. The molecule has 3 aromatic rings. The van der Waals surface area contributed by atoms with Crippen LogP contribution in [0.2, 0.25) is 0 Å². The number of anilines is 1. The predicted molar refractivity (Wildman–Crippen MR) is 119 cm³/mol. The summed E-state index contributed by atoms with van der Waals surface area (Å²) in [5.74, 6) is -0.0890. The molecule has 3 heterocycles. The van der Waals surface area contributed by atoms with Gasteiger partial charge in [0.05, 0.1) is 35.8 Å². The number of carbonyl (C=O) groups excluding carboxylic acids is 1. The van der Waals surface area contributed by atoms with E-state index in [0.29, 0.717) is 30.7 Å². The maximum absolute atomic E-state index is 13.4. The number of benzene rings is 2. The van der Waals surface area contributed by atoms with Gasteiger partial charge < -0.3 is 4.74 Å². The zero-order chi connectivity index (χ0) is 20.0. The molecular weight excluding hydrogens is 452 g/mol. The van der Waals surface area contributed by atoms with Gasteiger partial charge in [0.25, 0.3) is 5.91 Å². The lowest BCUT2D eigenvalue weighted by atomic mass is 10.1. The summed E-state index contributed by atoms with van der Waals surface area (Å²) >= 11 is 5.12. The first-order valence-electron chi connectivity index (χ1n) is 9.47. The van der Waals surface area contributed by atoms with E-state index in [9.17, 15) is 4.79 Å². The number of rotatable bonds is 3. The quantitative estimate of drug-likeness (QED) is 0.577. The van der Waals surface area contributed by atoms with Crippen molar-refractivity contribution in [3.8, 4) is 0 Å². The molecule has 0 radical (unpaired) electrons. The molecule has 0 aliphatic carbocycles. The maximum atomic E-state index is 13.4. The Morgan fingerprint density at radius 2 is 2.07 bits per heavy atom. The van der Waals surface area contributed by atoms with Crippen LogP contribution < -0.4 is 4.90 Å². The van der Waals surface area contributed by atoms with Crippen LogP contribution in [0.15, 0.2) is 45.9 Å². The second-order valence-electron chi connectivity index (χ2n) is 7.17. The number of hydrogen-bond donors (Lipinski definition) is 0. The van der Waals surface area contributed by atoms with Crippen LogP contribution in [0.3, 0.4) is 0 Å². The second kappa shape index (κ2) is 7.60. The lowest BCUT2D eigenvalue weighted by Crippen LogP contribution is -2.45. The van der Waals surface area contributed by atoms with Crippen LogP contribution in [0.25, 0.3) is 10.2 Å². The first-order valence-corrected chi connectivity index (χ1v) is 11.1. The number of amides is 1. The highest BCUT2D eigenvalue weighted by molar-refractivity contribution is 9.10. The summed E-state index contributed by atoms with van der Waals surface area (Å²) in [4.78, 5) is 26.7. The first-order chi connectivity index (χ1) is 14.1. The summed E-state index contributed by atoms with van der Waals surface area (Å²) in [6, 6.07) is 12.0. The molecular formula is C21H19BrN4O2S. The third-order valence-corrected chi connectivity index (χ3v) is 6.73. The molecule has 0 unspecified atom stereocenters. The number of halogens is 1. The first kappa shape index (κ1) is 18.9. The molecule has 148 valence electrons. The Hall–Kier alpha value is -2.13. The minimum Gasteiger partial charge on any atom is -0.379 e. The Bertz CT molecular complexity index is 1140. The normalized spacial score (nSPS) is 18.8. The van der Waals surface area contributed by atoms with Crippen molar-refractivity contribution < 1.29 is 9.53 Å². The fraction of sp³-hybridized carbons (Fsp3) is 0.286. The third kappa shape index (κ3) is 3.50. The number of carbonyl (C=O) groups is 1. The van der Waals surface area contributed by atoms with Gasteiger partial charge in [0, 0.05) is 23.1 Å². The molecule has 0 N–H and O–H groups in total. The van der Waals surface area contributed by atoms with E-state index < -0.39 is 0 Å². The van der Waals surface area contributed by atoms with Crippen LogP contribution in [0.4, 0.5) is 10.8 Å². The van der Waals surface area contributed by atoms with E-state index in [0.717, 1.165) is 39.0 Å². The fourth-order valence-corrected chi connectivity index (χ4v) is 5.15. The third-order valence-electron chi connectivity index (χ3n) is 5.15. The smallest absolute Gasteiger partial charge is 0.278 e. The van der Waals surface area contributed by atoms with Crippen LogP contribution in [0, 0.1) is 6.92 Å². The molecule has 5 rings (SSSR count). The van der Waals surface area contributed by atoms with Crippen LogP contribution in [0.1, 0.15) is 11.1 Å². The van der Waals surface area contributed by atoms with Gasteiger partial charge in [0.1, 0.15) is 5.71 Å². The molecule has 1 fully saturated rings. The van der Waals surface area contributed by atoms with Crippen LogP contribution in [-0.2, 0) is 9.53 Å². The summed E-state index contributed by atoms with van der Waals surface area (Å²) in [5.41, 5.74) is 4.24. The summed E-state index contributed by atoms with van der Waals surface area (Å²) in [5, 5.41) is 0.601. The SMILES string of the molecule is Cc1ccc2nc(N=C3C(=O)N(CN4CCOCC4)c4cccc(Br)c43)sc2c1. The molecule has 1 amide bonds. The molecule has 1 aromatic heterocycles. The molecule has 0 saturated carbocycles. The van der Waals surface area contributed by atoms with Crippen molar-refractivity contribution in [2.45, 2.75) is 6.92 Å². The minimum atomic E-state index is -0.0890. The van der Waals surface area contributed by atoms with Crippen molar-refractivity contribution in [2.24, 2.45) is 4.99 Å². The van der Waals surface area contributed by atoms with Gasteiger partial charge in [0.2, 0.25) is 5.13 Å². The predicted octanol–water partition coefficient (Wildman–Crippen LogP) is 4.12. The van der Waals surface area contributed by atoms with Crippen LogP contribution in [0.5, 0.6) is 0 Å². The Balaban J connectivity index is 1.55. The molecule has 8 heteroatoms. The lowest BCUT2D eigenvalue weighted by molar-refractivity contribution is -0.112. The number of fused-ring (bicyclic) bond motifs is 2. The summed E-state index contributed by atoms with van der Waals surface area (Å²) in [6.07, 6.45) is 0. The van der Waals surface area contributed by atoms with E-state index in [-0.39, 0.29) is 5.91 Å². The van der Waals surface area contributed by atoms with Crippen molar-refractivity contribution >= 4 is 59.9 Å². The standard InChI is InChI=1S/C21H19BrN4O2S/c1-13-5-6-15-17(11-13)29-21(23-15)24-19-18-14(22)3-2-4-16(18)26(20(19)27)12-25-7-9-28-10-8-25/h2-6,11H,7-10,12H2,1H3. The zero-order valence-corrected chi connectivity index (χ0v) is 18.3. The van der Waals surface area contributed by atoms with Gasteiger partial charge in [-0.1, -0.05) is 39.4 Å². The lowest BCUT2D eigenvalue weighted by Gasteiger charge is -2.30. The molecule has 0 spiro atoms. The number of morpholine rings is 1. The molecule has 0 bridgehead atoms.